The lowest BCUT2D eigenvalue weighted by Crippen LogP contribution is -2.26. The Labute approximate surface area is 134 Å². The van der Waals surface area contributed by atoms with Crippen LogP contribution in [0, 0.1) is 18.3 Å². The second-order valence-electron chi connectivity index (χ2n) is 4.86. The normalized spacial score (nSPS) is 10.5. The Balaban J connectivity index is 2.05. The molecule has 23 heavy (non-hydrogen) atoms. The Kier molecular flexibility index (Phi) is 5.97. The summed E-state index contributed by atoms with van der Waals surface area (Å²) in [5.74, 6) is 0.397. The molecule has 0 radical (unpaired) electrons. The highest BCUT2D eigenvalue weighted by Gasteiger charge is 2.24. The number of carbonyl (C=O) groups excluding carboxylic acids is 1. The van der Waals surface area contributed by atoms with E-state index < -0.39 is 0 Å². The third kappa shape index (κ3) is 4.00. The number of hydrogen-bond acceptors (Lipinski definition) is 5. The summed E-state index contributed by atoms with van der Waals surface area (Å²) < 4.78 is 12.4. The van der Waals surface area contributed by atoms with Crippen LogP contribution in [0.15, 0.2) is 28.9 Å². The van der Waals surface area contributed by atoms with E-state index in [0.29, 0.717) is 31.2 Å². The molecule has 0 spiro atoms. The van der Waals surface area contributed by atoms with E-state index in [9.17, 15) is 10.1 Å². The third-order valence-corrected chi connectivity index (χ3v) is 3.23. The van der Waals surface area contributed by atoms with Crippen molar-refractivity contribution in [2.45, 2.75) is 13.3 Å². The molecule has 0 aliphatic heterocycles. The van der Waals surface area contributed by atoms with Crippen LogP contribution in [0.3, 0.4) is 0 Å². The van der Waals surface area contributed by atoms with Crippen LogP contribution >= 0.6 is 0 Å². The van der Waals surface area contributed by atoms with Crippen LogP contribution in [0.25, 0.3) is 5.88 Å². The first-order valence-corrected chi connectivity index (χ1v) is 7.32. The number of aryl methyl sites for hydroxylation is 1. The fourth-order valence-electron chi connectivity index (χ4n) is 2.19. The topological polar surface area (TPSA) is 100 Å². The molecule has 122 valence electrons. The molecule has 0 aromatic carbocycles. The van der Waals surface area contributed by atoms with Crippen LogP contribution in [0.4, 0.5) is 0 Å². The van der Waals surface area contributed by atoms with Gasteiger partial charge in [0.05, 0.1) is 13.2 Å². The Morgan fingerprint density at radius 3 is 2.83 bits per heavy atom. The van der Waals surface area contributed by atoms with E-state index in [0.717, 1.165) is 0 Å². The highest BCUT2D eigenvalue weighted by molar-refractivity contribution is 5.98. The second-order valence-corrected chi connectivity index (χ2v) is 4.86. The minimum absolute atomic E-state index is 0.0196. The number of rotatable bonds is 8. The van der Waals surface area contributed by atoms with E-state index in [4.69, 9.17) is 14.3 Å². The molecule has 7 heteroatoms. The van der Waals surface area contributed by atoms with Gasteiger partial charge in [0.25, 0.3) is 5.91 Å². The standard InChI is InChI=1S/C16H19N3O4/c1-12-14(15(21)18-5-4-9-22-10-8-20)13(11-17)16(23-12)19-6-2-3-7-19/h2-3,6-7,20H,4-5,8-10H2,1H3,(H,18,21). The van der Waals surface area contributed by atoms with Crippen molar-refractivity contribution in [1.82, 2.24) is 9.88 Å². The van der Waals surface area contributed by atoms with E-state index in [1.807, 2.05) is 18.2 Å². The van der Waals surface area contributed by atoms with Crippen LogP contribution in [-0.2, 0) is 4.74 Å². The quantitative estimate of drug-likeness (QED) is 0.716. The molecule has 2 N–H and O–H groups in total. The van der Waals surface area contributed by atoms with Gasteiger partial charge in [-0.15, -0.1) is 0 Å². The SMILES string of the molecule is Cc1oc(-n2cccc2)c(C#N)c1C(=O)NCCCOCCO. The number of hydrogen-bond donors (Lipinski definition) is 2. The van der Waals surface area contributed by atoms with E-state index in [2.05, 4.69) is 5.32 Å². The number of nitrogens with zero attached hydrogens (tertiary/aromatic N) is 2. The first-order valence-electron chi connectivity index (χ1n) is 7.32. The maximum atomic E-state index is 12.3. The third-order valence-electron chi connectivity index (χ3n) is 3.23. The maximum absolute atomic E-state index is 12.3. The van der Waals surface area contributed by atoms with Gasteiger partial charge in [-0.3, -0.25) is 9.36 Å². The summed E-state index contributed by atoms with van der Waals surface area (Å²) in [6.07, 6.45) is 4.12. The van der Waals surface area contributed by atoms with Crippen molar-refractivity contribution in [3.63, 3.8) is 0 Å². The molecule has 2 rings (SSSR count). The lowest BCUT2D eigenvalue weighted by Gasteiger charge is -2.05. The molecule has 0 aliphatic rings. The number of carbonyl (C=O) groups is 1. The number of amides is 1. The van der Waals surface area contributed by atoms with Crippen molar-refractivity contribution >= 4 is 5.91 Å². The summed E-state index contributed by atoms with van der Waals surface area (Å²) in [5, 5.41) is 20.7. The van der Waals surface area contributed by atoms with E-state index in [1.54, 1.807) is 23.9 Å². The zero-order chi connectivity index (χ0) is 16.7. The summed E-state index contributed by atoms with van der Waals surface area (Å²) in [5.41, 5.74) is 0.472. The van der Waals surface area contributed by atoms with Gasteiger partial charge in [0.15, 0.2) is 0 Å². The molecule has 0 saturated heterocycles. The van der Waals surface area contributed by atoms with Crippen LogP contribution < -0.4 is 5.32 Å². The van der Waals surface area contributed by atoms with Crippen molar-refractivity contribution in [3.8, 4) is 12.0 Å². The first kappa shape index (κ1) is 16.8. The number of nitrogens with one attached hydrogen (secondary N) is 1. The zero-order valence-electron chi connectivity index (χ0n) is 12.9. The van der Waals surface area contributed by atoms with Crippen molar-refractivity contribution in [1.29, 1.82) is 5.26 Å². The fourth-order valence-corrected chi connectivity index (χ4v) is 2.19. The molecule has 0 saturated carbocycles. The van der Waals surface area contributed by atoms with Crippen molar-refractivity contribution < 1.29 is 19.1 Å². The van der Waals surface area contributed by atoms with Crippen molar-refractivity contribution in [2.24, 2.45) is 0 Å². The smallest absolute Gasteiger partial charge is 0.256 e. The Morgan fingerprint density at radius 1 is 1.43 bits per heavy atom. The van der Waals surface area contributed by atoms with Gasteiger partial charge >= 0.3 is 0 Å². The van der Waals surface area contributed by atoms with Gasteiger partial charge in [-0.1, -0.05) is 0 Å². The van der Waals surface area contributed by atoms with Crippen LogP contribution in [0.1, 0.15) is 28.1 Å². The molecule has 0 unspecified atom stereocenters. The Morgan fingerprint density at radius 2 is 2.17 bits per heavy atom. The molecule has 1 amide bonds. The van der Waals surface area contributed by atoms with E-state index in [1.165, 1.54) is 0 Å². The van der Waals surface area contributed by atoms with Crippen LogP contribution in [-0.4, -0.2) is 41.9 Å². The van der Waals surface area contributed by atoms with Gasteiger partial charge in [0.1, 0.15) is 23.0 Å². The number of aliphatic hydroxyl groups excluding tert-OH is 1. The molecule has 2 heterocycles. The molecule has 2 aromatic rings. The first-order chi connectivity index (χ1) is 11.2. The largest absolute Gasteiger partial charge is 0.443 e. The minimum Gasteiger partial charge on any atom is -0.443 e. The van der Waals surface area contributed by atoms with Gasteiger partial charge in [0, 0.05) is 25.5 Å². The summed E-state index contributed by atoms with van der Waals surface area (Å²) in [6.45, 7) is 2.79. The predicted molar refractivity (Wildman–Crippen MR) is 82.3 cm³/mol. The fraction of sp³-hybridized carbons (Fsp3) is 0.375. The molecule has 0 bridgehead atoms. The number of aliphatic hydroxyl groups is 1. The Hall–Kier alpha value is -2.56. The lowest BCUT2D eigenvalue weighted by molar-refractivity contribution is 0.0867. The van der Waals surface area contributed by atoms with Crippen LogP contribution in [0.5, 0.6) is 0 Å². The Bertz CT molecular complexity index is 683. The van der Waals surface area contributed by atoms with E-state index >= 15 is 0 Å². The van der Waals surface area contributed by atoms with Gasteiger partial charge in [-0.05, 0) is 25.5 Å². The molecule has 7 nitrogen and oxygen atoms in total. The average molecular weight is 317 g/mol. The number of furan rings is 1. The molecule has 2 aromatic heterocycles. The number of aromatic nitrogens is 1. The maximum Gasteiger partial charge on any atom is 0.256 e. The molecule has 0 atom stereocenters. The highest BCUT2D eigenvalue weighted by atomic mass is 16.5. The molecule has 0 fully saturated rings. The molecule has 0 aliphatic carbocycles. The van der Waals surface area contributed by atoms with Gasteiger partial charge in [0.2, 0.25) is 5.88 Å². The van der Waals surface area contributed by atoms with E-state index in [-0.39, 0.29) is 30.2 Å². The summed E-state index contributed by atoms with van der Waals surface area (Å²) in [6, 6.07) is 5.67. The monoisotopic (exact) mass is 317 g/mol. The van der Waals surface area contributed by atoms with Crippen LogP contribution in [0.2, 0.25) is 0 Å². The molecular weight excluding hydrogens is 298 g/mol. The number of nitriles is 1. The van der Waals surface area contributed by atoms with Gasteiger partial charge in [-0.2, -0.15) is 5.26 Å². The second kappa shape index (κ2) is 8.17. The summed E-state index contributed by atoms with van der Waals surface area (Å²) in [7, 11) is 0. The van der Waals surface area contributed by atoms with Gasteiger partial charge in [-0.25, -0.2) is 0 Å². The lowest BCUT2D eigenvalue weighted by atomic mass is 10.1. The zero-order valence-corrected chi connectivity index (χ0v) is 12.9. The highest BCUT2D eigenvalue weighted by Crippen LogP contribution is 2.25. The van der Waals surface area contributed by atoms with Crippen molar-refractivity contribution in [3.05, 3.63) is 41.4 Å². The average Bonchev–Trinajstić information content (AvgIpc) is 3.17. The molecular formula is C16H19N3O4. The summed E-state index contributed by atoms with van der Waals surface area (Å²) >= 11 is 0. The minimum atomic E-state index is -0.344. The van der Waals surface area contributed by atoms with Gasteiger partial charge < -0.3 is 19.6 Å². The van der Waals surface area contributed by atoms with Crippen molar-refractivity contribution in [2.75, 3.05) is 26.4 Å². The predicted octanol–water partition coefficient (Wildman–Crippen LogP) is 1.38. The summed E-state index contributed by atoms with van der Waals surface area (Å²) in [4.78, 5) is 12.3. The number of ether oxygens (including phenoxy) is 1.